The van der Waals surface area contributed by atoms with Crippen LogP contribution in [0.2, 0.25) is 0 Å². The molecule has 0 aliphatic carbocycles. The number of nitrogens with one attached hydrogen (secondary N) is 2. The molecule has 0 spiro atoms. The highest BCUT2D eigenvalue weighted by atomic mass is 35.5. The van der Waals surface area contributed by atoms with Gasteiger partial charge in [-0.2, -0.15) is 0 Å². The van der Waals surface area contributed by atoms with Crippen molar-refractivity contribution in [2.24, 2.45) is 0 Å². The van der Waals surface area contributed by atoms with E-state index >= 15 is 0 Å². The van der Waals surface area contributed by atoms with E-state index in [9.17, 15) is 4.79 Å². The molecule has 0 unspecified atom stereocenters. The number of halogens is 1. The minimum absolute atomic E-state index is 0. The summed E-state index contributed by atoms with van der Waals surface area (Å²) in [5, 5.41) is 5.79. The highest BCUT2D eigenvalue weighted by Crippen LogP contribution is 2.08. The molecule has 2 rings (SSSR count). The largest absolute Gasteiger partial charge is 0.354 e. The third-order valence-corrected chi connectivity index (χ3v) is 2.19. The Balaban J connectivity index is 0.000000980. The first kappa shape index (κ1) is 11.0. The lowest BCUT2D eigenvalue weighted by molar-refractivity contribution is 0.0953. The van der Waals surface area contributed by atoms with E-state index in [1.807, 2.05) is 4.57 Å². The van der Waals surface area contributed by atoms with Gasteiger partial charge in [0.25, 0.3) is 5.91 Å². The van der Waals surface area contributed by atoms with Gasteiger partial charge < -0.3 is 15.2 Å². The van der Waals surface area contributed by atoms with Crippen molar-refractivity contribution >= 4 is 18.3 Å². The van der Waals surface area contributed by atoms with E-state index in [1.165, 1.54) is 0 Å². The summed E-state index contributed by atoms with van der Waals surface area (Å²) in [5.41, 5.74) is 0.652. The number of carbonyl (C=O) groups excluding carboxylic acids is 1. The van der Waals surface area contributed by atoms with Crippen LogP contribution < -0.4 is 10.6 Å². The zero-order valence-corrected chi connectivity index (χ0v) is 8.73. The molecule has 0 fully saturated rings. The summed E-state index contributed by atoms with van der Waals surface area (Å²) in [6, 6.07) is 0. The lowest BCUT2D eigenvalue weighted by atomic mass is 10.4. The summed E-state index contributed by atoms with van der Waals surface area (Å²) in [7, 11) is 1.63. The highest BCUT2D eigenvalue weighted by molar-refractivity contribution is 5.92. The van der Waals surface area contributed by atoms with Crippen LogP contribution in [-0.2, 0) is 13.1 Å². The average Bonchev–Trinajstić information content (AvgIpc) is 2.60. The topological polar surface area (TPSA) is 59.0 Å². The number of amides is 1. The second kappa shape index (κ2) is 4.43. The zero-order chi connectivity index (χ0) is 9.26. The molecule has 2 N–H and O–H groups in total. The van der Waals surface area contributed by atoms with Gasteiger partial charge in [0.15, 0.2) is 0 Å². The number of fused-ring (bicyclic) bond motifs is 1. The highest BCUT2D eigenvalue weighted by Gasteiger charge is 2.17. The Morgan fingerprint density at radius 1 is 1.71 bits per heavy atom. The molecular weight excluding hydrogens is 204 g/mol. The number of aromatic nitrogens is 2. The number of hydrogen-bond donors (Lipinski definition) is 2. The van der Waals surface area contributed by atoms with Crippen LogP contribution >= 0.6 is 12.4 Å². The SMILES string of the molecule is CNC(=O)c1cnc2n1CCNC2.Cl. The quantitative estimate of drug-likeness (QED) is 0.682. The van der Waals surface area contributed by atoms with Crippen molar-refractivity contribution in [3.05, 3.63) is 17.7 Å². The van der Waals surface area contributed by atoms with Crippen LogP contribution in [-0.4, -0.2) is 29.1 Å². The van der Waals surface area contributed by atoms with E-state index in [-0.39, 0.29) is 18.3 Å². The second-order valence-corrected chi connectivity index (χ2v) is 2.97. The Bertz CT molecular complexity index is 336. The van der Waals surface area contributed by atoms with Crippen molar-refractivity contribution in [1.29, 1.82) is 0 Å². The van der Waals surface area contributed by atoms with E-state index < -0.39 is 0 Å². The Hall–Kier alpha value is -1.07. The maximum atomic E-state index is 11.4. The van der Waals surface area contributed by atoms with Gasteiger partial charge in [-0.3, -0.25) is 4.79 Å². The monoisotopic (exact) mass is 216 g/mol. The smallest absolute Gasteiger partial charge is 0.269 e. The normalized spacial score (nSPS) is 14.1. The molecule has 0 saturated heterocycles. The van der Waals surface area contributed by atoms with Gasteiger partial charge in [-0.1, -0.05) is 0 Å². The molecule has 5 nitrogen and oxygen atoms in total. The van der Waals surface area contributed by atoms with Crippen LogP contribution in [0.25, 0.3) is 0 Å². The van der Waals surface area contributed by atoms with Gasteiger partial charge in [-0.05, 0) is 0 Å². The summed E-state index contributed by atoms with van der Waals surface area (Å²) >= 11 is 0. The van der Waals surface area contributed by atoms with E-state index in [4.69, 9.17) is 0 Å². The van der Waals surface area contributed by atoms with E-state index in [1.54, 1.807) is 13.2 Å². The number of hydrogen-bond acceptors (Lipinski definition) is 3. The molecule has 1 aliphatic heterocycles. The summed E-state index contributed by atoms with van der Waals surface area (Å²) < 4.78 is 1.95. The molecule has 1 aromatic heterocycles. The lowest BCUT2D eigenvalue weighted by Gasteiger charge is -2.16. The Morgan fingerprint density at radius 3 is 3.21 bits per heavy atom. The predicted molar refractivity (Wildman–Crippen MR) is 54.6 cm³/mol. The third kappa shape index (κ3) is 1.73. The van der Waals surface area contributed by atoms with Crippen LogP contribution in [0.15, 0.2) is 6.20 Å². The van der Waals surface area contributed by atoms with Crippen molar-refractivity contribution in [2.75, 3.05) is 13.6 Å². The molecule has 78 valence electrons. The van der Waals surface area contributed by atoms with Gasteiger partial charge in [0.05, 0.1) is 12.7 Å². The maximum Gasteiger partial charge on any atom is 0.269 e. The molecule has 1 amide bonds. The van der Waals surface area contributed by atoms with Crippen molar-refractivity contribution < 1.29 is 4.79 Å². The summed E-state index contributed by atoms with van der Waals surface area (Å²) in [5.74, 6) is 0.866. The van der Waals surface area contributed by atoms with Crippen LogP contribution in [0, 0.1) is 0 Å². The number of rotatable bonds is 1. The predicted octanol–water partition coefficient (Wildman–Crippen LogP) is -0.232. The van der Waals surface area contributed by atoms with Gasteiger partial charge in [0, 0.05) is 20.1 Å². The Morgan fingerprint density at radius 2 is 2.50 bits per heavy atom. The van der Waals surface area contributed by atoms with Crippen LogP contribution in [0.3, 0.4) is 0 Å². The van der Waals surface area contributed by atoms with E-state index in [2.05, 4.69) is 15.6 Å². The molecule has 0 bridgehead atoms. The van der Waals surface area contributed by atoms with Crippen LogP contribution in [0.4, 0.5) is 0 Å². The molecular formula is C8H13ClN4O. The van der Waals surface area contributed by atoms with E-state index in [0.717, 1.165) is 25.5 Å². The third-order valence-electron chi connectivity index (χ3n) is 2.19. The standard InChI is InChI=1S/C8H12N4O.ClH/c1-9-8(13)6-4-11-7-5-10-2-3-12(6)7;/h4,10H,2-3,5H2,1H3,(H,9,13);1H. The Kier molecular flexibility index (Phi) is 3.49. The van der Waals surface area contributed by atoms with Crippen molar-refractivity contribution in [3.8, 4) is 0 Å². The fourth-order valence-electron chi connectivity index (χ4n) is 1.50. The molecule has 0 saturated carbocycles. The molecule has 1 aliphatic rings. The van der Waals surface area contributed by atoms with Gasteiger partial charge >= 0.3 is 0 Å². The van der Waals surface area contributed by atoms with Gasteiger partial charge in [0.1, 0.15) is 11.5 Å². The zero-order valence-electron chi connectivity index (χ0n) is 7.91. The minimum atomic E-state index is -0.0688. The van der Waals surface area contributed by atoms with Gasteiger partial charge in [-0.25, -0.2) is 4.98 Å². The van der Waals surface area contributed by atoms with E-state index in [0.29, 0.717) is 5.69 Å². The second-order valence-electron chi connectivity index (χ2n) is 2.97. The average molecular weight is 217 g/mol. The first-order valence-corrected chi connectivity index (χ1v) is 4.30. The molecule has 14 heavy (non-hydrogen) atoms. The first-order valence-electron chi connectivity index (χ1n) is 4.30. The minimum Gasteiger partial charge on any atom is -0.354 e. The fraction of sp³-hybridized carbons (Fsp3) is 0.500. The fourth-order valence-corrected chi connectivity index (χ4v) is 1.50. The van der Waals surface area contributed by atoms with Gasteiger partial charge in [-0.15, -0.1) is 12.4 Å². The molecule has 0 aromatic carbocycles. The van der Waals surface area contributed by atoms with Crippen LogP contribution in [0.1, 0.15) is 16.3 Å². The van der Waals surface area contributed by atoms with Crippen molar-refractivity contribution in [2.45, 2.75) is 13.1 Å². The first-order chi connectivity index (χ1) is 6.33. The molecule has 0 atom stereocenters. The maximum absolute atomic E-state index is 11.4. The Labute approximate surface area is 88.3 Å². The molecule has 1 aromatic rings. The number of carbonyl (C=O) groups is 1. The van der Waals surface area contributed by atoms with Crippen LogP contribution in [0.5, 0.6) is 0 Å². The van der Waals surface area contributed by atoms with Crippen molar-refractivity contribution in [3.63, 3.8) is 0 Å². The summed E-state index contributed by atoms with van der Waals surface area (Å²) in [4.78, 5) is 15.5. The summed E-state index contributed by atoms with van der Waals surface area (Å²) in [6.07, 6.45) is 1.63. The lowest BCUT2D eigenvalue weighted by Crippen LogP contribution is -2.31. The molecule has 2 heterocycles. The van der Waals surface area contributed by atoms with Gasteiger partial charge in [0.2, 0.25) is 0 Å². The number of nitrogens with zero attached hydrogens (tertiary/aromatic N) is 2. The molecule has 0 radical (unpaired) electrons. The van der Waals surface area contributed by atoms with Crippen molar-refractivity contribution in [1.82, 2.24) is 20.2 Å². The summed E-state index contributed by atoms with van der Waals surface area (Å²) in [6.45, 7) is 2.46. The number of imidazole rings is 1. The molecule has 6 heteroatoms.